The molecule has 5 aliphatic rings. The van der Waals surface area contributed by atoms with Crippen LogP contribution in [0.15, 0.2) is 41.0 Å². The van der Waals surface area contributed by atoms with E-state index in [0.717, 1.165) is 73.2 Å². The minimum Gasteiger partial charge on any atom is -0.494 e. The standard InChI is InChI=1S/C50H74N4O8/c1-33(2)12-10-13-34(3)41-22-23-42-40-21-18-37-32-39(26-28-49(37,5)43(40)27-29-50(41,42)6)61-48(59)51-30-9-7-8-14-44(55)53-52-35(4)36-16-19-38(20-17-36)60-31-11-15-47(58)62-54-45(56)24-25-46(54)57/h16-20,33-34,39-43H,7-15,21-32H2,1-6H3,(H,51,59)(H,53,55)/b52-35-/t34-,39+,40?,41-,42?,43?,49+,50-/m1/s1. The van der Waals surface area contributed by atoms with E-state index in [1.165, 1.54) is 56.9 Å². The number of carbonyl (C=O) groups excluding carboxylic acids is 5. The molecule has 1 saturated heterocycles. The Morgan fingerprint density at radius 1 is 0.871 bits per heavy atom. The quantitative estimate of drug-likeness (QED) is 0.0432. The van der Waals surface area contributed by atoms with Gasteiger partial charge >= 0.3 is 12.1 Å². The first-order valence-corrected chi connectivity index (χ1v) is 23.9. The molecular weight excluding hydrogens is 785 g/mol. The molecule has 0 spiro atoms. The Labute approximate surface area is 370 Å². The number of fused-ring (bicyclic) bond motifs is 5. The van der Waals surface area contributed by atoms with Crippen LogP contribution in [0.5, 0.6) is 5.75 Å². The fraction of sp³-hybridized carbons (Fsp3) is 0.720. The lowest BCUT2D eigenvalue weighted by molar-refractivity contribution is -0.197. The molecule has 6 rings (SSSR count). The number of carbonyl (C=O) groups is 5. The fourth-order valence-electron chi connectivity index (χ4n) is 12.0. The summed E-state index contributed by atoms with van der Waals surface area (Å²) < 4.78 is 11.7. The van der Waals surface area contributed by atoms with Gasteiger partial charge in [0.15, 0.2) is 0 Å². The van der Waals surface area contributed by atoms with Gasteiger partial charge in [0.2, 0.25) is 5.91 Å². The van der Waals surface area contributed by atoms with E-state index in [4.69, 9.17) is 14.3 Å². The van der Waals surface area contributed by atoms with Gasteiger partial charge in [0, 0.05) is 32.2 Å². The number of nitrogens with one attached hydrogen (secondary N) is 2. The van der Waals surface area contributed by atoms with Crippen molar-refractivity contribution in [2.45, 2.75) is 170 Å². The van der Waals surface area contributed by atoms with Crippen LogP contribution in [0, 0.1) is 46.3 Å². The molecule has 4 fully saturated rings. The first-order chi connectivity index (χ1) is 29.7. The average Bonchev–Trinajstić information content (AvgIpc) is 3.76. The molecule has 1 heterocycles. The lowest BCUT2D eigenvalue weighted by atomic mass is 9.47. The Bertz CT molecular complexity index is 1790. The molecule has 1 aromatic rings. The molecule has 8 atom stereocenters. The number of hydrogen-bond donors (Lipinski definition) is 2. The molecule has 3 saturated carbocycles. The van der Waals surface area contributed by atoms with E-state index in [2.05, 4.69) is 56.5 Å². The van der Waals surface area contributed by atoms with Crippen molar-refractivity contribution in [2.75, 3.05) is 13.2 Å². The number of alkyl carbamates (subject to hydrolysis) is 1. The second kappa shape index (κ2) is 21.4. The van der Waals surface area contributed by atoms with E-state index in [1.807, 2.05) is 19.1 Å². The zero-order valence-electron chi connectivity index (χ0n) is 38.4. The number of nitrogens with zero attached hydrogens (tertiary/aromatic N) is 2. The van der Waals surface area contributed by atoms with Gasteiger partial charge < -0.3 is 19.6 Å². The number of hydroxylamine groups is 2. The average molecular weight is 859 g/mol. The predicted octanol–water partition coefficient (Wildman–Crippen LogP) is 9.99. The highest BCUT2D eigenvalue weighted by Gasteiger charge is 2.59. The van der Waals surface area contributed by atoms with Gasteiger partial charge in [-0.15, -0.1) is 5.06 Å². The second-order valence-electron chi connectivity index (χ2n) is 20.1. The molecule has 1 aromatic carbocycles. The number of benzene rings is 1. The number of allylic oxidation sites excluding steroid dienone is 1. The molecule has 3 unspecified atom stereocenters. The summed E-state index contributed by atoms with van der Waals surface area (Å²) >= 11 is 0. The van der Waals surface area contributed by atoms with Crippen LogP contribution in [0.3, 0.4) is 0 Å². The Balaban J connectivity index is 0.824. The topological polar surface area (TPSA) is 153 Å². The van der Waals surface area contributed by atoms with Crippen molar-refractivity contribution in [3.63, 3.8) is 0 Å². The first-order valence-electron chi connectivity index (χ1n) is 23.9. The second-order valence-corrected chi connectivity index (χ2v) is 20.1. The number of hydrazone groups is 1. The van der Waals surface area contributed by atoms with E-state index in [1.54, 1.807) is 12.1 Å². The number of ether oxygens (including phenoxy) is 2. The van der Waals surface area contributed by atoms with Crippen molar-refractivity contribution in [1.29, 1.82) is 0 Å². The van der Waals surface area contributed by atoms with E-state index in [-0.39, 0.29) is 49.4 Å². The highest BCUT2D eigenvalue weighted by Crippen LogP contribution is 2.67. The van der Waals surface area contributed by atoms with Crippen LogP contribution in [0.1, 0.15) is 169 Å². The third kappa shape index (κ3) is 11.7. The van der Waals surface area contributed by atoms with Crippen LogP contribution in [0.2, 0.25) is 0 Å². The lowest BCUT2D eigenvalue weighted by Gasteiger charge is -2.58. The van der Waals surface area contributed by atoms with Crippen molar-refractivity contribution in [3.8, 4) is 5.75 Å². The van der Waals surface area contributed by atoms with E-state index < -0.39 is 17.8 Å². The Morgan fingerprint density at radius 3 is 2.37 bits per heavy atom. The first kappa shape index (κ1) is 47.3. The van der Waals surface area contributed by atoms with E-state index in [9.17, 15) is 24.0 Å². The summed E-state index contributed by atoms with van der Waals surface area (Å²) in [6, 6.07) is 7.21. The van der Waals surface area contributed by atoms with Crippen LogP contribution in [-0.2, 0) is 28.8 Å². The van der Waals surface area contributed by atoms with Gasteiger partial charge in [0.05, 0.1) is 18.7 Å². The molecular formula is C50H74N4O8. The molecule has 0 radical (unpaired) electrons. The molecule has 0 bridgehead atoms. The van der Waals surface area contributed by atoms with Crippen LogP contribution >= 0.6 is 0 Å². The summed E-state index contributed by atoms with van der Waals surface area (Å²) in [4.78, 5) is 65.3. The lowest BCUT2D eigenvalue weighted by Crippen LogP contribution is -2.51. The van der Waals surface area contributed by atoms with Gasteiger partial charge in [-0.3, -0.25) is 14.4 Å². The Morgan fingerprint density at radius 2 is 1.63 bits per heavy atom. The summed E-state index contributed by atoms with van der Waals surface area (Å²) in [5.74, 6) is 3.65. The SMILES string of the molecule is C/C(=N/NC(=O)CCCCCNC(=O)O[C@H]1CC[C@@]2(C)C(=CCC3C2CC[C@@]2(C)C3CC[C@@H]2[C@H](C)CCCC(C)C)C1)c1ccc(OCCCC(=O)ON2C(=O)CCC2=O)cc1. The van der Waals surface area contributed by atoms with Gasteiger partial charge in [-0.05, 0) is 147 Å². The fourth-order valence-corrected chi connectivity index (χ4v) is 12.0. The molecule has 12 heteroatoms. The van der Waals surface area contributed by atoms with Crippen molar-refractivity contribution >= 4 is 35.5 Å². The van der Waals surface area contributed by atoms with E-state index in [0.29, 0.717) is 47.7 Å². The van der Waals surface area contributed by atoms with Crippen molar-refractivity contribution < 1.29 is 38.3 Å². The molecule has 2 N–H and O–H groups in total. The monoisotopic (exact) mass is 859 g/mol. The van der Waals surface area contributed by atoms with Gasteiger partial charge in [0.1, 0.15) is 11.9 Å². The number of hydrogen-bond acceptors (Lipinski definition) is 9. The normalized spacial score (nSPS) is 28.7. The van der Waals surface area contributed by atoms with Crippen LogP contribution in [0.25, 0.3) is 0 Å². The third-order valence-corrected chi connectivity index (χ3v) is 15.5. The van der Waals surface area contributed by atoms with Crippen LogP contribution < -0.4 is 15.5 Å². The highest BCUT2D eigenvalue weighted by atomic mass is 16.7. The summed E-state index contributed by atoms with van der Waals surface area (Å²) in [5, 5.41) is 7.74. The number of imide groups is 1. The molecule has 12 nitrogen and oxygen atoms in total. The van der Waals surface area contributed by atoms with Gasteiger partial charge in [-0.1, -0.05) is 72.0 Å². The maximum atomic E-state index is 12.8. The Hall–Kier alpha value is -4.22. The molecule has 0 aromatic heterocycles. The molecule has 342 valence electrons. The van der Waals surface area contributed by atoms with Crippen LogP contribution in [0.4, 0.5) is 4.79 Å². The molecule has 1 aliphatic heterocycles. The minimum atomic E-state index is -0.660. The maximum absolute atomic E-state index is 12.8. The summed E-state index contributed by atoms with van der Waals surface area (Å²) in [5.41, 5.74) is 6.35. The molecule has 4 aliphatic carbocycles. The minimum absolute atomic E-state index is 0.00457. The number of rotatable bonds is 20. The summed E-state index contributed by atoms with van der Waals surface area (Å²) in [6.45, 7) is 15.0. The zero-order chi connectivity index (χ0) is 44.4. The van der Waals surface area contributed by atoms with E-state index >= 15 is 0 Å². The summed E-state index contributed by atoms with van der Waals surface area (Å²) in [6.07, 6.45) is 18.9. The van der Waals surface area contributed by atoms with Crippen LogP contribution in [-0.4, -0.2) is 59.8 Å². The predicted molar refractivity (Wildman–Crippen MR) is 238 cm³/mol. The molecule has 4 amide bonds. The van der Waals surface area contributed by atoms with Crippen molar-refractivity contribution in [3.05, 3.63) is 41.5 Å². The van der Waals surface area contributed by atoms with Crippen molar-refractivity contribution in [2.24, 2.45) is 51.4 Å². The maximum Gasteiger partial charge on any atom is 0.407 e. The highest BCUT2D eigenvalue weighted by molar-refractivity contribution is 6.01. The Kier molecular flexibility index (Phi) is 16.3. The van der Waals surface area contributed by atoms with Gasteiger partial charge in [0.25, 0.3) is 11.8 Å². The summed E-state index contributed by atoms with van der Waals surface area (Å²) in [7, 11) is 0. The van der Waals surface area contributed by atoms with Gasteiger partial charge in [-0.25, -0.2) is 15.0 Å². The molecule has 62 heavy (non-hydrogen) atoms. The smallest absolute Gasteiger partial charge is 0.407 e. The number of amides is 4. The largest absolute Gasteiger partial charge is 0.494 e. The van der Waals surface area contributed by atoms with Crippen molar-refractivity contribution in [1.82, 2.24) is 15.8 Å². The van der Waals surface area contributed by atoms with Gasteiger partial charge in [-0.2, -0.15) is 5.10 Å². The zero-order valence-corrected chi connectivity index (χ0v) is 38.4. The number of unbranched alkanes of at least 4 members (excludes halogenated alkanes) is 2. The third-order valence-electron chi connectivity index (χ3n) is 15.5.